The summed E-state index contributed by atoms with van der Waals surface area (Å²) in [5.74, 6) is -1.80. The van der Waals surface area contributed by atoms with Crippen LogP contribution in [0.25, 0.3) is 0 Å². The number of anilines is 1. The summed E-state index contributed by atoms with van der Waals surface area (Å²) in [7, 11) is 1.50. The number of amides is 4. The summed E-state index contributed by atoms with van der Waals surface area (Å²) in [6.07, 6.45) is 2.58. The Kier molecular flexibility index (Phi) is 6.59. The van der Waals surface area contributed by atoms with E-state index in [1.807, 2.05) is 19.9 Å². The molecule has 178 valence electrons. The molecule has 1 aliphatic heterocycles. The number of hydrogen-bond acceptors (Lipinski definition) is 6. The number of carbonyl (C=O) groups excluding carboxylic acids is 4. The van der Waals surface area contributed by atoms with E-state index in [0.717, 1.165) is 21.0 Å². The molecule has 9 nitrogen and oxygen atoms in total. The van der Waals surface area contributed by atoms with Crippen LogP contribution in [0.15, 0.2) is 67.0 Å². The van der Waals surface area contributed by atoms with Crippen LogP contribution in [0.2, 0.25) is 0 Å². The molecular weight excluding hydrogens is 448 g/mol. The van der Waals surface area contributed by atoms with Crippen LogP contribution in [0, 0.1) is 13.8 Å². The SMILES string of the molecule is COc1ccc(C(=O)N(NC(=O)c2cccnc2)C2CC(=O)N(c3cc(C)cc(C)c3)C2=O)cc1. The van der Waals surface area contributed by atoms with Crippen molar-refractivity contribution >= 4 is 29.3 Å². The van der Waals surface area contributed by atoms with Crippen LogP contribution in [-0.4, -0.2) is 46.8 Å². The number of benzene rings is 2. The minimum atomic E-state index is -1.22. The fourth-order valence-electron chi connectivity index (χ4n) is 3.98. The molecule has 4 amide bonds. The van der Waals surface area contributed by atoms with Gasteiger partial charge in [-0.1, -0.05) is 6.07 Å². The van der Waals surface area contributed by atoms with Gasteiger partial charge in [-0.2, -0.15) is 0 Å². The van der Waals surface area contributed by atoms with Crippen molar-refractivity contribution in [1.29, 1.82) is 0 Å². The summed E-state index contributed by atoms with van der Waals surface area (Å²) >= 11 is 0. The monoisotopic (exact) mass is 472 g/mol. The number of nitrogens with one attached hydrogen (secondary N) is 1. The Hall–Kier alpha value is -4.53. The maximum absolute atomic E-state index is 13.5. The molecule has 1 N–H and O–H groups in total. The number of nitrogens with zero attached hydrogens (tertiary/aromatic N) is 3. The molecule has 1 saturated heterocycles. The molecule has 0 bridgehead atoms. The average Bonchev–Trinajstić information content (AvgIpc) is 3.15. The van der Waals surface area contributed by atoms with Crippen LogP contribution in [0.4, 0.5) is 5.69 Å². The predicted molar refractivity (Wildman–Crippen MR) is 128 cm³/mol. The lowest BCUT2D eigenvalue weighted by atomic mass is 10.1. The molecule has 2 aromatic carbocycles. The molecule has 0 aliphatic carbocycles. The van der Waals surface area contributed by atoms with Gasteiger partial charge in [-0.3, -0.25) is 29.6 Å². The second-order valence-electron chi connectivity index (χ2n) is 8.22. The quantitative estimate of drug-likeness (QED) is 0.452. The lowest BCUT2D eigenvalue weighted by Gasteiger charge is -2.28. The molecule has 0 radical (unpaired) electrons. The Bertz CT molecular complexity index is 1270. The van der Waals surface area contributed by atoms with E-state index in [1.165, 1.54) is 37.7 Å². The van der Waals surface area contributed by atoms with E-state index in [4.69, 9.17) is 4.74 Å². The Morgan fingerprint density at radius 3 is 2.31 bits per heavy atom. The molecular formula is C26H24N4O5. The predicted octanol–water partition coefficient (Wildman–Crippen LogP) is 2.83. The van der Waals surface area contributed by atoms with E-state index in [1.54, 1.807) is 30.3 Å². The number of rotatable bonds is 5. The van der Waals surface area contributed by atoms with Gasteiger partial charge in [0.25, 0.3) is 17.7 Å². The number of hydrogen-bond donors (Lipinski definition) is 1. The first-order valence-electron chi connectivity index (χ1n) is 10.9. The van der Waals surface area contributed by atoms with Crippen molar-refractivity contribution in [2.45, 2.75) is 26.3 Å². The van der Waals surface area contributed by atoms with Crippen LogP contribution in [-0.2, 0) is 9.59 Å². The number of aromatic nitrogens is 1. The summed E-state index contributed by atoms with van der Waals surface area (Å²) in [6.45, 7) is 3.74. The Labute approximate surface area is 202 Å². The molecule has 1 unspecified atom stereocenters. The number of pyridine rings is 1. The van der Waals surface area contributed by atoms with Crippen LogP contribution in [0.1, 0.15) is 38.3 Å². The highest BCUT2D eigenvalue weighted by atomic mass is 16.5. The van der Waals surface area contributed by atoms with E-state index in [0.29, 0.717) is 11.4 Å². The number of methoxy groups -OCH3 is 1. The highest BCUT2D eigenvalue weighted by molar-refractivity contribution is 6.23. The van der Waals surface area contributed by atoms with E-state index in [9.17, 15) is 19.2 Å². The molecule has 0 spiro atoms. The van der Waals surface area contributed by atoms with Crippen LogP contribution in [0.5, 0.6) is 5.75 Å². The summed E-state index contributed by atoms with van der Waals surface area (Å²) in [5, 5.41) is 0.931. The van der Waals surface area contributed by atoms with Gasteiger partial charge in [0.2, 0.25) is 5.91 Å². The van der Waals surface area contributed by atoms with Gasteiger partial charge < -0.3 is 4.74 Å². The number of carbonyl (C=O) groups is 4. The molecule has 4 rings (SSSR count). The zero-order chi connectivity index (χ0) is 25.1. The van der Waals surface area contributed by atoms with Gasteiger partial charge in [0.1, 0.15) is 11.8 Å². The first kappa shape index (κ1) is 23.6. The Morgan fingerprint density at radius 1 is 1.03 bits per heavy atom. The van der Waals surface area contributed by atoms with Crippen molar-refractivity contribution in [2.24, 2.45) is 0 Å². The molecule has 1 aromatic heterocycles. The zero-order valence-electron chi connectivity index (χ0n) is 19.5. The fraction of sp³-hybridized carbons (Fsp3) is 0.192. The molecule has 0 saturated carbocycles. The lowest BCUT2D eigenvalue weighted by Crippen LogP contribution is -2.54. The number of ether oxygens (including phenoxy) is 1. The lowest BCUT2D eigenvalue weighted by molar-refractivity contribution is -0.122. The number of hydrazine groups is 1. The second-order valence-corrected chi connectivity index (χ2v) is 8.22. The molecule has 2 heterocycles. The van der Waals surface area contributed by atoms with Crippen LogP contribution in [0.3, 0.4) is 0 Å². The first-order chi connectivity index (χ1) is 16.8. The van der Waals surface area contributed by atoms with Gasteiger partial charge in [0.15, 0.2) is 0 Å². The normalized spacial score (nSPS) is 15.2. The van der Waals surface area contributed by atoms with Crippen molar-refractivity contribution < 1.29 is 23.9 Å². The van der Waals surface area contributed by atoms with E-state index in [-0.39, 0.29) is 17.5 Å². The maximum atomic E-state index is 13.5. The van der Waals surface area contributed by atoms with E-state index >= 15 is 0 Å². The van der Waals surface area contributed by atoms with Crippen molar-refractivity contribution in [2.75, 3.05) is 12.0 Å². The van der Waals surface area contributed by atoms with Gasteiger partial charge in [-0.15, -0.1) is 0 Å². The summed E-state index contributed by atoms with van der Waals surface area (Å²) in [6, 6.07) is 13.5. The largest absolute Gasteiger partial charge is 0.497 e. The third-order valence-corrected chi connectivity index (χ3v) is 5.60. The Balaban J connectivity index is 1.69. The number of imide groups is 1. The standard InChI is InChI=1S/C26H24N4O5/c1-16-11-17(2)13-20(12-16)29-23(31)14-22(26(29)34)30(28-24(32)19-5-4-10-27-15-19)25(33)18-6-8-21(35-3)9-7-18/h4-13,15,22H,14H2,1-3H3,(H,28,32). The van der Waals surface area contributed by atoms with Crippen molar-refractivity contribution in [3.05, 3.63) is 89.2 Å². The Morgan fingerprint density at radius 2 is 1.71 bits per heavy atom. The van der Waals surface area contributed by atoms with Crippen molar-refractivity contribution in [3.8, 4) is 5.75 Å². The summed E-state index contributed by atoms with van der Waals surface area (Å²) in [4.78, 5) is 57.8. The molecule has 1 fully saturated rings. The van der Waals surface area contributed by atoms with Gasteiger partial charge >= 0.3 is 0 Å². The van der Waals surface area contributed by atoms with E-state index < -0.39 is 29.7 Å². The van der Waals surface area contributed by atoms with Crippen molar-refractivity contribution in [3.63, 3.8) is 0 Å². The van der Waals surface area contributed by atoms with Crippen molar-refractivity contribution in [1.82, 2.24) is 15.4 Å². The highest BCUT2D eigenvalue weighted by Gasteiger charge is 2.45. The number of aryl methyl sites for hydroxylation is 2. The fourth-order valence-corrected chi connectivity index (χ4v) is 3.98. The molecule has 35 heavy (non-hydrogen) atoms. The smallest absolute Gasteiger partial charge is 0.273 e. The van der Waals surface area contributed by atoms with Crippen LogP contribution < -0.4 is 15.1 Å². The summed E-state index contributed by atoms with van der Waals surface area (Å²) < 4.78 is 5.14. The van der Waals surface area contributed by atoms with Gasteiger partial charge in [-0.25, -0.2) is 9.91 Å². The molecule has 1 atom stereocenters. The third kappa shape index (κ3) is 4.89. The third-order valence-electron chi connectivity index (χ3n) is 5.60. The van der Waals surface area contributed by atoms with Gasteiger partial charge in [0.05, 0.1) is 24.8 Å². The minimum Gasteiger partial charge on any atom is -0.497 e. The minimum absolute atomic E-state index is 0.197. The summed E-state index contributed by atoms with van der Waals surface area (Å²) in [5.41, 5.74) is 5.13. The second kappa shape index (κ2) is 9.76. The average molecular weight is 473 g/mol. The highest BCUT2D eigenvalue weighted by Crippen LogP contribution is 2.28. The van der Waals surface area contributed by atoms with Crippen LogP contribution >= 0.6 is 0 Å². The molecule has 3 aromatic rings. The first-order valence-corrected chi connectivity index (χ1v) is 10.9. The molecule has 1 aliphatic rings. The van der Waals surface area contributed by atoms with Gasteiger partial charge in [-0.05, 0) is 73.5 Å². The zero-order valence-corrected chi connectivity index (χ0v) is 19.5. The van der Waals surface area contributed by atoms with E-state index in [2.05, 4.69) is 10.4 Å². The van der Waals surface area contributed by atoms with Gasteiger partial charge in [0, 0.05) is 18.0 Å². The molecule has 9 heteroatoms. The topological polar surface area (TPSA) is 109 Å². The maximum Gasteiger partial charge on any atom is 0.273 e.